The highest BCUT2D eigenvalue weighted by molar-refractivity contribution is 4.92. The third-order valence-corrected chi connectivity index (χ3v) is 0.752. The van der Waals surface area contributed by atoms with Gasteiger partial charge in [0, 0.05) is 7.05 Å². The molecule has 0 aliphatic carbocycles. The average Bonchev–Trinajstić information content (AvgIpc) is 1.83. The van der Waals surface area contributed by atoms with E-state index in [-0.39, 0.29) is 6.61 Å². The van der Waals surface area contributed by atoms with Gasteiger partial charge in [-0.1, -0.05) is 0 Å². The molecule has 0 unspecified atom stereocenters. The smallest absolute Gasteiger partial charge is 0.104 e. The molecule has 8 heavy (non-hydrogen) atoms. The zero-order valence-electron chi connectivity index (χ0n) is 5.14. The van der Waals surface area contributed by atoms with E-state index in [0.717, 1.165) is 0 Å². The molecule has 3 heteroatoms. The summed E-state index contributed by atoms with van der Waals surface area (Å²) in [7, 11) is 3.26. The Hall–Kier alpha value is -0.700. The van der Waals surface area contributed by atoms with Gasteiger partial charge in [-0.3, -0.25) is 0 Å². The standard InChI is InChI=1S/C5H11NO2/c1-6-5(3-7)4-8-2/h4,6-7H,3H2,1-2H3/b5-4-. The number of aliphatic hydroxyl groups is 1. The Morgan fingerprint density at radius 2 is 2.50 bits per heavy atom. The summed E-state index contributed by atoms with van der Waals surface area (Å²) in [5, 5.41) is 11.2. The van der Waals surface area contributed by atoms with Crippen molar-refractivity contribution < 1.29 is 9.84 Å². The normalized spacial score (nSPS) is 11.1. The van der Waals surface area contributed by atoms with Gasteiger partial charge < -0.3 is 15.2 Å². The molecule has 0 bridgehead atoms. The van der Waals surface area contributed by atoms with Crippen molar-refractivity contribution in [1.82, 2.24) is 5.32 Å². The summed E-state index contributed by atoms with van der Waals surface area (Å²) < 4.78 is 4.60. The highest BCUT2D eigenvalue weighted by Crippen LogP contribution is 1.82. The molecule has 0 aliphatic rings. The van der Waals surface area contributed by atoms with Crippen LogP contribution in [0.5, 0.6) is 0 Å². The molecule has 0 rings (SSSR count). The van der Waals surface area contributed by atoms with Crippen molar-refractivity contribution in [2.45, 2.75) is 0 Å². The van der Waals surface area contributed by atoms with E-state index in [9.17, 15) is 0 Å². The van der Waals surface area contributed by atoms with Crippen molar-refractivity contribution in [3.63, 3.8) is 0 Å². The summed E-state index contributed by atoms with van der Waals surface area (Å²) in [5.41, 5.74) is 0.674. The van der Waals surface area contributed by atoms with Gasteiger partial charge in [0.15, 0.2) is 0 Å². The van der Waals surface area contributed by atoms with E-state index in [0.29, 0.717) is 5.70 Å². The maximum Gasteiger partial charge on any atom is 0.104 e. The van der Waals surface area contributed by atoms with Crippen LogP contribution in [0.4, 0.5) is 0 Å². The van der Waals surface area contributed by atoms with Crippen LogP contribution in [0.15, 0.2) is 12.0 Å². The largest absolute Gasteiger partial charge is 0.502 e. The van der Waals surface area contributed by atoms with Crippen LogP contribution in [0.2, 0.25) is 0 Å². The SMILES string of the molecule is CN/C(=C\OC)CO. The number of aliphatic hydroxyl groups excluding tert-OH is 1. The number of methoxy groups -OCH3 is 1. The van der Waals surface area contributed by atoms with Crippen LogP contribution in [-0.4, -0.2) is 25.9 Å². The molecule has 0 amide bonds. The molecule has 0 atom stereocenters. The zero-order chi connectivity index (χ0) is 6.41. The lowest BCUT2D eigenvalue weighted by Gasteiger charge is -1.99. The molecule has 0 fully saturated rings. The van der Waals surface area contributed by atoms with Gasteiger partial charge in [0.2, 0.25) is 0 Å². The van der Waals surface area contributed by atoms with Crippen molar-refractivity contribution in [3.8, 4) is 0 Å². The number of hydrogen-bond acceptors (Lipinski definition) is 3. The van der Waals surface area contributed by atoms with Crippen molar-refractivity contribution in [2.24, 2.45) is 0 Å². The maximum absolute atomic E-state index is 8.45. The number of rotatable bonds is 3. The Morgan fingerprint density at radius 1 is 1.88 bits per heavy atom. The van der Waals surface area contributed by atoms with Crippen LogP contribution in [-0.2, 0) is 4.74 Å². The fraction of sp³-hybridized carbons (Fsp3) is 0.600. The molecule has 0 aromatic carbocycles. The number of hydrogen-bond donors (Lipinski definition) is 2. The van der Waals surface area contributed by atoms with Crippen LogP contribution in [0.1, 0.15) is 0 Å². The Morgan fingerprint density at radius 3 is 2.62 bits per heavy atom. The first-order chi connectivity index (χ1) is 3.85. The predicted octanol–water partition coefficient (Wildman–Crippen LogP) is -0.314. The van der Waals surface area contributed by atoms with Crippen LogP contribution >= 0.6 is 0 Å². The van der Waals surface area contributed by atoms with Crippen LogP contribution in [0, 0.1) is 0 Å². The summed E-state index contributed by atoms with van der Waals surface area (Å²) in [4.78, 5) is 0. The van der Waals surface area contributed by atoms with Gasteiger partial charge in [0.25, 0.3) is 0 Å². The Kier molecular flexibility index (Phi) is 4.07. The summed E-state index contributed by atoms with van der Waals surface area (Å²) in [5.74, 6) is 0. The lowest BCUT2D eigenvalue weighted by atomic mass is 10.5. The molecule has 0 saturated heterocycles. The van der Waals surface area contributed by atoms with E-state index in [2.05, 4.69) is 10.1 Å². The molecule has 0 saturated carbocycles. The fourth-order valence-electron chi connectivity index (χ4n) is 0.318. The third kappa shape index (κ3) is 2.47. The summed E-state index contributed by atoms with van der Waals surface area (Å²) in [6, 6.07) is 0. The van der Waals surface area contributed by atoms with E-state index in [1.54, 1.807) is 7.05 Å². The van der Waals surface area contributed by atoms with Gasteiger partial charge in [-0.25, -0.2) is 0 Å². The number of ether oxygens (including phenoxy) is 1. The summed E-state index contributed by atoms with van der Waals surface area (Å²) in [6.45, 7) is -0.00958. The topological polar surface area (TPSA) is 41.5 Å². The summed E-state index contributed by atoms with van der Waals surface area (Å²) >= 11 is 0. The van der Waals surface area contributed by atoms with Crippen molar-refractivity contribution in [2.75, 3.05) is 20.8 Å². The van der Waals surface area contributed by atoms with E-state index in [1.165, 1.54) is 13.4 Å². The van der Waals surface area contributed by atoms with E-state index in [4.69, 9.17) is 5.11 Å². The second-order valence-electron chi connectivity index (χ2n) is 1.29. The lowest BCUT2D eigenvalue weighted by Crippen LogP contribution is -2.09. The first-order valence-corrected chi connectivity index (χ1v) is 2.35. The minimum Gasteiger partial charge on any atom is -0.502 e. The molecule has 0 aromatic rings. The second kappa shape index (κ2) is 4.46. The van der Waals surface area contributed by atoms with Crippen LogP contribution in [0.3, 0.4) is 0 Å². The van der Waals surface area contributed by atoms with Gasteiger partial charge >= 0.3 is 0 Å². The Balaban J connectivity index is 3.49. The van der Waals surface area contributed by atoms with Crippen LogP contribution < -0.4 is 5.32 Å². The number of nitrogens with one attached hydrogen (secondary N) is 1. The molecule has 0 radical (unpaired) electrons. The average molecular weight is 117 g/mol. The van der Waals surface area contributed by atoms with E-state index < -0.39 is 0 Å². The minimum atomic E-state index is -0.00958. The molecule has 2 N–H and O–H groups in total. The molecule has 3 nitrogen and oxygen atoms in total. The van der Waals surface area contributed by atoms with Gasteiger partial charge in [-0.05, 0) is 0 Å². The highest BCUT2D eigenvalue weighted by atomic mass is 16.5. The van der Waals surface area contributed by atoms with Crippen molar-refractivity contribution >= 4 is 0 Å². The van der Waals surface area contributed by atoms with Crippen molar-refractivity contribution in [3.05, 3.63) is 12.0 Å². The second-order valence-corrected chi connectivity index (χ2v) is 1.29. The van der Waals surface area contributed by atoms with E-state index in [1.807, 2.05) is 0 Å². The molecular formula is C5H11NO2. The lowest BCUT2D eigenvalue weighted by molar-refractivity contribution is 0.294. The maximum atomic E-state index is 8.45. The van der Waals surface area contributed by atoms with Crippen LogP contribution in [0.25, 0.3) is 0 Å². The quantitative estimate of drug-likeness (QED) is 0.498. The Labute approximate surface area is 49.0 Å². The highest BCUT2D eigenvalue weighted by Gasteiger charge is 1.85. The summed E-state index contributed by atoms with van der Waals surface area (Å²) in [6.07, 6.45) is 1.46. The van der Waals surface area contributed by atoms with Gasteiger partial charge in [-0.2, -0.15) is 0 Å². The molecular weight excluding hydrogens is 106 g/mol. The zero-order valence-corrected chi connectivity index (χ0v) is 5.14. The molecule has 48 valence electrons. The monoisotopic (exact) mass is 117 g/mol. The fourth-order valence-corrected chi connectivity index (χ4v) is 0.318. The van der Waals surface area contributed by atoms with Gasteiger partial charge in [-0.15, -0.1) is 0 Å². The van der Waals surface area contributed by atoms with E-state index >= 15 is 0 Å². The molecule has 0 heterocycles. The van der Waals surface area contributed by atoms with Gasteiger partial charge in [0.1, 0.15) is 6.26 Å². The molecule has 0 aromatic heterocycles. The first-order valence-electron chi connectivity index (χ1n) is 2.35. The minimum absolute atomic E-state index is 0.00958. The van der Waals surface area contributed by atoms with Crippen molar-refractivity contribution in [1.29, 1.82) is 0 Å². The third-order valence-electron chi connectivity index (χ3n) is 0.752. The molecule has 0 spiro atoms. The van der Waals surface area contributed by atoms with Gasteiger partial charge in [0.05, 0.1) is 19.4 Å². The molecule has 0 aliphatic heterocycles. The first kappa shape index (κ1) is 7.30. The predicted molar refractivity (Wildman–Crippen MR) is 31.2 cm³/mol. The number of likely N-dealkylation sites (N-methyl/N-ethyl adjacent to an activating group) is 1. The Bertz CT molecular complexity index is 74.5.